The molecule has 2 heterocycles. The highest BCUT2D eigenvalue weighted by Gasteiger charge is 2.31. The maximum atomic E-state index is 13.2. The van der Waals surface area contributed by atoms with E-state index in [-0.39, 0.29) is 41.7 Å². The van der Waals surface area contributed by atoms with Crippen molar-refractivity contribution in [1.82, 2.24) is 14.7 Å². The van der Waals surface area contributed by atoms with Crippen LogP contribution in [-0.2, 0) is 10.0 Å². The molecule has 2 unspecified atom stereocenters. The van der Waals surface area contributed by atoms with Gasteiger partial charge in [-0.2, -0.15) is 0 Å². The molecule has 0 spiro atoms. The first-order chi connectivity index (χ1) is 15.5. The number of ether oxygens (including phenoxy) is 1. The van der Waals surface area contributed by atoms with Crippen LogP contribution in [0.3, 0.4) is 0 Å². The molecule has 2 N–H and O–H groups in total. The third kappa shape index (κ3) is 6.60. The molecule has 186 valence electrons. The van der Waals surface area contributed by atoms with E-state index in [4.69, 9.17) is 4.74 Å². The summed E-state index contributed by atoms with van der Waals surface area (Å²) in [5.41, 5.74) is 5.22. The van der Waals surface area contributed by atoms with Crippen LogP contribution in [0.2, 0.25) is 0 Å². The monoisotopic (exact) mass is 544 g/mol. The molecule has 1 fully saturated rings. The van der Waals surface area contributed by atoms with Gasteiger partial charge in [0.1, 0.15) is 22.0 Å². The minimum atomic E-state index is -3.71. The number of hydrogen-bond acceptors (Lipinski definition) is 7. The van der Waals surface area contributed by atoms with Crippen molar-refractivity contribution in [3.05, 3.63) is 53.0 Å². The normalized spacial score (nSPS) is 17.8. The van der Waals surface area contributed by atoms with E-state index >= 15 is 0 Å². The Hall–Kier alpha value is -1.91. The molecule has 3 aromatic rings. The number of benzene rings is 1. The zero-order valence-corrected chi connectivity index (χ0v) is 22.3. The fourth-order valence-corrected chi connectivity index (χ4v) is 6.32. The summed E-state index contributed by atoms with van der Waals surface area (Å²) in [6.45, 7) is 2.53. The van der Waals surface area contributed by atoms with Gasteiger partial charge in [-0.15, -0.1) is 36.2 Å². The van der Waals surface area contributed by atoms with Gasteiger partial charge in [0, 0.05) is 24.2 Å². The highest BCUT2D eigenvalue weighted by Crippen LogP contribution is 2.31. The van der Waals surface area contributed by atoms with Crippen LogP contribution in [0.1, 0.15) is 31.2 Å². The third-order valence-corrected chi connectivity index (χ3v) is 7.96. The second-order valence-corrected chi connectivity index (χ2v) is 10.5. The average Bonchev–Trinajstić information content (AvgIpc) is 3.33. The van der Waals surface area contributed by atoms with Gasteiger partial charge < -0.3 is 10.1 Å². The number of thiazole rings is 1. The molecule has 0 aliphatic heterocycles. The van der Waals surface area contributed by atoms with Crippen molar-refractivity contribution in [2.75, 3.05) is 19.0 Å². The fraction of sp³-hybridized carbons (Fsp3) is 0.391. The first kappa shape index (κ1) is 28.3. The zero-order chi connectivity index (χ0) is 22.6. The summed E-state index contributed by atoms with van der Waals surface area (Å²) in [4.78, 5) is 9.05. The van der Waals surface area contributed by atoms with E-state index in [9.17, 15) is 8.42 Å². The van der Waals surface area contributed by atoms with Gasteiger partial charge in [0.05, 0.1) is 18.3 Å². The van der Waals surface area contributed by atoms with Crippen LogP contribution in [0.15, 0.2) is 52.3 Å². The lowest BCUT2D eigenvalue weighted by molar-refractivity contribution is 0.301. The van der Waals surface area contributed by atoms with E-state index in [1.54, 1.807) is 23.8 Å². The molecule has 0 saturated heterocycles. The second kappa shape index (κ2) is 12.7. The molecule has 7 nitrogen and oxygen atoms in total. The van der Waals surface area contributed by atoms with Gasteiger partial charge in [-0.05, 0) is 55.5 Å². The number of aryl methyl sites for hydroxylation is 1. The quantitative estimate of drug-likeness (QED) is 0.398. The molecule has 34 heavy (non-hydrogen) atoms. The Morgan fingerprint density at radius 2 is 1.94 bits per heavy atom. The number of rotatable bonds is 8. The Balaban J connectivity index is 0.00000204. The molecule has 0 amide bonds. The fourth-order valence-electron chi connectivity index (χ4n) is 4.19. The topological polar surface area (TPSA) is 93.2 Å². The van der Waals surface area contributed by atoms with E-state index in [0.717, 1.165) is 48.3 Å². The van der Waals surface area contributed by atoms with Gasteiger partial charge in [0.2, 0.25) is 10.0 Å². The van der Waals surface area contributed by atoms with Gasteiger partial charge in [0.25, 0.3) is 0 Å². The van der Waals surface area contributed by atoms with Crippen molar-refractivity contribution in [1.29, 1.82) is 0 Å². The summed E-state index contributed by atoms with van der Waals surface area (Å²) in [5, 5.41) is 5.47. The predicted molar refractivity (Wildman–Crippen MR) is 142 cm³/mol. The Kier molecular flexibility index (Phi) is 10.6. The van der Waals surface area contributed by atoms with Gasteiger partial charge >= 0.3 is 0 Å². The highest BCUT2D eigenvalue weighted by atomic mass is 35.5. The molecule has 4 rings (SSSR count). The molecule has 0 radical (unpaired) electrons. The molecule has 2 aromatic heterocycles. The van der Waals surface area contributed by atoms with Crippen LogP contribution < -0.4 is 14.8 Å². The molecule has 1 aliphatic carbocycles. The van der Waals surface area contributed by atoms with Crippen LogP contribution >= 0.6 is 36.2 Å². The number of methoxy groups -OCH3 is 1. The van der Waals surface area contributed by atoms with Crippen molar-refractivity contribution < 1.29 is 13.2 Å². The van der Waals surface area contributed by atoms with Crippen LogP contribution in [0.5, 0.6) is 5.75 Å². The summed E-state index contributed by atoms with van der Waals surface area (Å²) in [6, 6.07) is 8.94. The lowest BCUT2D eigenvalue weighted by Gasteiger charge is -2.32. The van der Waals surface area contributed by atoms with E-state index in [1.165, 1.54) is 18.4 Å². The van der Waals surface area contributed by atoms with Gasteiger partial charge in [-0.1, -0.05) is 18.9 Å². The van der Waals surface area contributed by atoms with Crippen molar-refractivity contribution in [3.8, 4) is 17.1 Å². The summed E-state index contributed by atoms with van der Waals surface area (Å²) in [5.74, 6) is 0.523. The molecule has 2 atom stereocenters. The number of sulfonamides is 1. The molecule has 11 heteroatoms. The first-order valence-electron chi connectivity index (χ1n) is 10.7. The maximum absolute atomic E-state index is 13.2. The smallest absolute Gasteiger partial charge is 0.244 e. The van der Waals surface area contributed by atoms with Crippen LogP contribution in [0.25, 0.3) is 11.4 Å². The number of pyridine rings is 1. The number of halogens is 2. The summed E-state index contributed by atoms with van der Waals surface area (Å²) < 4.78 is 34.7. The van der Waals surface area contributed by atoms with E-state index in [1.807, 2.05) is 30.5 Å². The zero-order valence-electron chi connectivity index (χ0n) is 19.1. The number of nitrogens with zero attached hydrogens (tertiary/aromatic N) is 2. The molecule has 1 aliphatic rings. The van der Waals surface area contributed by atoms with Crippen molar-refractivity contribution >= 4 is 51.9 Å². The Morgan fingerprint density at radius 1 is 1.15 bits per heavy atom. The lowest BCUT2D eigenvalue weighted by Crippen LogP contribution is -2.44. The molecular weight excluding hydrogens is 515 g/mol. The van der Waals surface area contributed by atoms with Crippen LogP contribution in [-0.4, -0.2) is 38.1 Å². The van der Waals surface area contributed by atoms with Crippen LogP contribution in [0, 0.1) is 12.8 Å². The van der Waals surface area contributed by atoms with Gasteiger partial charge in [-0.25, -0.2) is 18.1 Å². The molecule has 1 aromatic carbocycles. The van der Waals surface area contributed by atoms with E-state index < -0.39 is 10.0 Å². The third-order valence-electron chi connectivity index (χ3n) is 5.86. The average molecular weight is 546 g/mol. The van der Waals surface area contributed by atoms with Crippen LogP contribution in [0.4, 0.5) is 5.69 Å². The van der Waals surface area contributed by atoms with Gasteiger partial charge in [-0.3, -0.25) is 4.98 Å². The highest BCUT2D eigenvalue weighted by molar-refractivity contribution is 7.89. The number of hydrogen-bond donors (Lipinski definition) is 2. The van der Waals surface area contributed by atoms with Crippen molar-refractivity contribution in [2.45, 2.75) is 43.5 Å². The van der Waals surface area contributed by atoms with Crippen molar-refractivity contribution in [3.63, 3.8) is 0 Å². The number of aromatic nitrogens is 2. The van der Waals surface area contributed by atoms with Gasteiger partial charge in [0.15, 0.2) is 0 Å². The Bertz CT molecular complexity index is 1160. The number of nitrogens with one attached hydrogen (secondary N) is 2. The minimum absolute atomic E-state index is 0. The SMILES string of the molecule is COc1ccc(C)cc1S(=O)(=O)NC1CCCCC1CNc1cccnc1-c1cscn1.Cl.Cl. The lowest BCUT2D eigenvalue weighted by atomic mass is 9.85. The minimum Gasteiger partial charge on any atom is -0.495 e. The van der Waals surface area contributed by atoms with Crippen molar-refractivity contribution in [2.24, 2.45) is 5.92 Å². The standard InChI is InChI=1S/C23H28N4O3S2.2ClH/c1-16-9-10-21(30-2)22(12-16)32(28,29)27-18-7-4-3-6-17(18)13-25-19-8-5-11-24-23(19)20-14-31-15-26-20;;/h5,8-12,14-15,17-18,25,27H,3-4,6-7,13H2,1-2H3;2*1H. The maximum Gasteiger partial charge on any atom is 0.244 e. The summed E-state index contributed by atoms with van der Waals surface area (Å²) in [6.07, 6.45) is 5.62. The Labute approximate surface area is 217 Å². The Morgan fingerprint density at radius 3 is 2.68 bits per heavy atom. The molecule has 1 saturated carbocycles. The largest absolute Gasteiger partial charge is 0.495 e. The summed E-state index contributed by atoms with van der Waals surface area (Å²) >= 11 is 1.53. The molecule has 0 bridgehead atoms. The van der Waals surface area contributed by atoms with E-state index in [0.29, 0.717) is 12.3 Å². The molecular formula is C23H30Cl2N4O3S2. The first-order valence-corrected chi connectivity index (χ1v) is 13.1. The summed E-state index contributed by atoms with van der Waals surface area (Å²) in [7, 11) is -2.22. The second-order valence-electron chi connectivity index (χ2n) is 8.08. The predicted octanol–water partition coefficient (Wildman–Crippen LogP) is 5.31. The van der Waals surface area contributed by atoms with E-state index in [2.05, 4.69) is 20.0 Å². The number of anilines is 1.